The molecule has 4 heteroatoms. The molecular formula is C11H18BrN3. The van der Waals surface area contributed by atoms with Crippen molar-refractivity contribution in [3.8, 4) is 0 Å². The summed E-state index contributed by atoms with van der Waals surface area (Å²) in [6, 6.07) is 2.00. The van der Waals surface area contributed by atoms with Crippen LogP contribution in [0.3, 0.4) is 0 Å². The fourth-order valence-electron chi connectivity index (χ4n) is 1.55. The van der Waals surface area contributed by atoms with Gasteiger partial charge in [-0.15, -0.1) is 0 Å². The molecule has 15 heavy (non-hydrogen) atoms. The Morgan fingerprint density at radius 2 is 2.13 bits per heavy atom. The fourth-order valence-corrected chi connectivity index (χ4v) is 2.20. The van der Waals surface area contributed by atoms with E-state index in [9.17, 15) is 0 Å². The highest BCUT2D eigenvalue weighted by Crippen LogP contribution is 2.26. The number of anilines is 1. The average molecular weight is 272 g/mol. The highest BCUT2D eigenvalue weighted by atomic mass is 79.9. The molecule has 0 N–H and O–H groups in total. The maximum Gasteiger partial charge on any atom is 0.224 e. The van der Waals surface area contributed by atoms with Gasteiger partial charge in [0.1, 0.15) is 0 Å². The van der Waals surface area contributed by atoms with Gasteiger partial charge >= 0.3 is 0 Å². The van der Waals surface area contributed by atoms with Crippen LogP contribution in [0.4, 0.5) is 5.95 Å². The van der Waals surface area contributed by atoms with Crippen LogP contribution in [0.5, 0.6) is 0 Å². The lowest BCUT2D eigenvalue weighted by molar-refractivity contribution is 0.640. The lowest BCUT2D eigenvalue weighted by atomic mass is 9.99. The van der Waals surface area contributed by atoms with Crippen LogP contribution in [0.25, 0.3) is 0 Å². The first-order valence-electron chi connectivity index (χ1n) is 5.20. The van der Waals surface area contributed by atoms with Gasteiger partial charge in [0.25, 0.3) is 0 Å². The first kappa shape index (κ1) is 12.4. The Balaban J connectivity index is 2.98. The minimum Gasteiger partial charge on any atom is -0.347 e. The molecule has 0 radical (unpaired) electrons. The molecule has 0 saturated heterocycles. The molecule has 0 amide bonds. The second-order valence-electron chi connectivity index (χ2n) is 3.87. The van der Waals surface area contributed by atoms with Gasteiger partial charge in [-0.2, -0.15) is 0 Å². The predicted octanol–water partition coefficient (Wildman–Crippen LogP) is 2.82. The highest BCUT2D eigenvalue weighted by Gasteiger charge is 2.17. The van der Waals surface area contributed by atoms with Gasteiger partial charge in [0.2, 0.25) is 5.95 Å². The minimum atomic E-state index is 0.437. The van der Waals surface area contributed by atoms with E-state index in [1.165, 1.54) is 0 Å². The Morgan fingerprint density at radius 1 is 1.47 bits per heavy atom. The molecule has 1 aromatic heterocycles. The maximum absolute atomic E-state index is 4.55. The molecule has 0 aliphatic heterocycles. The molecule has 84 valence electrons. The quantitative estimate of drug-likeness (QED) is 0.789. The van der Waals surface area contributed by atoms with Crippen molar-refractivity contribution in [3.05, 3.63) is 18.0 Å². The smallest absolute Gasteiger partial charge is 0.224 e. The van der Waals surface area contributed by atoms with E-state index in [0.717, 1.165) is 18.1 Å². The first-order chi connectivity index (χ1) is 7.06. The van der Waals surface area contributed by atoms with Crippen molar-refractivity contribution in [2.24, 2.45) is 0 Å². The molecule has 2 unspecified atom stereocenters. The summed E-state index contributed by atoms with van der Waals surface area (Å²) in [6.45, 7) is 4.34. The molecule has 1 aromatic rings. The lowest BCUT2D eigenvalue weighted by Gasteiger charge is -2.18. The molecule has 0 bridgehead atoms. The number of aromatic nitrogens is 2. The summed E-state index contributed by atoms with van der Waals surface area (Å²) in [5, 5.41) is 0. The van der Waals surface area contributed by atoms with Crippen molar-refractivity contribution in [2.75, 3.05) is 19.0 Å². The molecule has 1 rings (SSSR count). The number of rotatable bonds is 4. The fraction of sp³-hybridized carbons (Fsp3) is 0.636. The molecule has 3 nitrogen and oxygen atoms in total. The van der Waals surface area contributed by atoms with E-state index in [-0.39, 0.29) is 0 Å². The van der Waals surface area contributed by atoms with Gasteiger partial charge in [0, 0.05) is 31.0 Å². The second-order valence-corrected chi connectivity index (χ2v) is 5.31. The number of nitrogens with zero attached hydrogens (tertiary/aromatic N) is 3. The lowest BCUT2D eigenvalue weighted by Crippen LogP contribution is -2.16. The van der Waals surface area contributed by atoms with Gasteiger partial charge in [-0.1, -0.05) is 29.8 Å². The van der Waals surface area contributed by atoms with Crippen LogP contribution in [-0.2, 0) is 0 Å². The summed E-state index contributed by atoms with van der Waals surface area (Å²) in [7, 11) is 3.91. The van der Waals surface area contributed by atoms with Crippen LogP contribution >= 0.6 is 15.9 Å². The molecule has 0 spiro atoms. The number of alkyl halides is 1. The van der Waals surface area contributed by atoms with E-state index in [1.807, 2.05) is 31.3 Å². The monoisotopic (exact) mass is 271 g/mol. The molecule has 0 aliphatic carbocycles. The third kappa shape index (κ3) is 3.16. The van der Waals surface area contributed by atoms with Crippen molar-refractivity contribution in [2.45, 2.75) is 31.0 Å². The van der Waals surface area contributed by atoms with E-state index in [0.29, 0.717) is 10.7 Å². The Kier molecular flexibility index (Phi) is 4.51. The molecule has 0 aromatic carbocycles. The standard InChI is InChI=1S/C11H18BrN3/c1-5-9(8(2)12)10-6-7-13-11(14-10)15(3)4/h6-9H,5H2,1-4H3. The maximum atomic E-state index is 4.55. The number of hydrogen-bond acceptors (Lipinski definition) is 3. The Hall–Kier alpha value is -0.640. The first-order valence-corrected chi connectivity index (χ1v) is 6.12. The van der Waals surface area contributed by atoms with Crippen LogP contribution in [0.1, 0.15) is 31.9 Å². The van der Waals surface area contributed by atoms with Crippen LogP contribution in [0.15, 0.2) is 12.3 Å². The molecule has 0 saturated carbocycles. The molecular weight excluding hydrogens is 254 g/mol. The summed E-state index contributed by atoms with van der Waals surface area (Å²) in [5.74, 6) is 1.23. The Labute approximate surface area is 100 Å². The zero-order valence-corrected chi connectivity index (χ0v) is 11.3. The van der Waals surface area contributed by atoms with Crippen molar-refractivity contribution in [3.63, 3.8) is 0 Å². The van der Waals surface area contributed by atoms with Gasteiger partial charge in [0.05, 0.1) is 5.69 Å². The SMILES string of the molecule is CCC(c1ccnc(N(C)C)n1)C(C)Br. The van der Waals surface area contributed by atoms with E-state index in [2.05, 4.69) is 39.7 Å². The molecule has 0 aliphatic rings. The summed E-state index contributed by atoms with van der Waals surface area (Å²) >= 11 is 3.63. The van der Waals surface area contributed by atoms with Crippen molar-refractivity contribution in [1.29, 1.82) is 0 Å². The van der Waals surface area contributed by atoms with E-state index < -0.39 is 0 Å². The van der Waals surface area contributed by atoms with E-state index in [4.69, 9.17) is 0 Å². The largest absolute Gasteiger partial charge is 0.347 e. The normalized spacial score (nSPS) is 14.7. The Bertz CT molecular complexity index is 312. The average Bonchev–Trinajstić information content (AvgIpc) is 2.18. The highest BCUT2D eigenvalue weighted by molar-refractivity contribution is 9.09. The second kappa shape index (κ2) is 5.45. The van der Waals surface area contributed by atoms with E-state index >= 15 is 0 Å². The third-order valence-corrected chi connectivity index (χ3v) is 3.08. The third-order valence-electron chi connectivity index (χ3n) is 2.44. The van der Waals surface area contributed by atoms with Gasteiger partial charge in [-0.25, -0.2) is 9.97 Å². The molecule has 1 heterocycles. The zero-order valence-electron chi connectivity index (χ0n) is 9.74. The van der Waals surface area contributed by atoms with Gasteiger partial charge in [-0.3, -0.25) is 0 Å². The summed E-state index contributed by atoms with van der Waals surface area (Å²) in [4.78, 5) is 11.1. The number of hydrogen-bond donors (Lipinski definition) is 0. The predicted molar refractivity (Wildman–Crippen MR) is 67.8 cm³/mol. The van der Waals surface area contributed by atoms with Crippen LogP contribution in [0.2, 0.25) is 0 Å². The molecule has 0 fully saturated rings. The summed E-state index contributed by atoms with van der Waals surface area (Å²) < 4.78 is 0. The summed E-state index contributed by atoms with van der Waals surface area (Å²) in [6.07, 6.45) is 2.91. The Morgan fingerprint density at radius 3 is 2.60 bits per heavy atom. The van der Waals surface area contributed by atoms with Gasteiger partial charge < -0.3 is 4.90 Å². The van der Waals surface area contributed by atoms with Crippen LogP contribution < -0.4 is 4.90 Å². The van der Waals surface area contributed by atoms with E-state index in [1.54, 1.807) is 0 Å². The minimum absolute atomic E-state index is 0.437. The van der Waals surface area contributed by atoms with Gasteiger partial charge in [0.15, 0.2) is 0 Å². The van der Waals surface area contributed by atoms with Crippen LogP contribution in [-0.4, -0.2) is 28.9 Å². The van der Waals surface area contributed by atoms with Crippen molar-refractivity contribution in [1.82, 2.24) is 9.97 Å². The zero-order chi connectivity index (χ0) is 11.4. The van der Waals surface area contributed by atoms with Crippen LogP contribution in [0, 0.1) is 0 Å². The topological polar surface area (TPSA) is 29.0 Å². The van der Waals surface area contributed by atoms with Crippen molar-refractivity contribution >= 4 is 21.9 Å². The molecule has 2 atom stereocenters. The summed E-state index contributed by atoms with van der Waals surface area (Å²) in [5.41, 5.74) is 1.11. The number of halogens is 1. The van der Waals surface area contributed by atoms with Crippen molar-refractivity contribution < 1.29 is 0 Å². The van der Waals surface area contributed by atoms with Gasteiger partial charge in [-0.05, 0) is 12.5 Å².